The molecule has 0 saturated carbocycles. The van der Waals surface area contributed by atoms with Crippen LogP contribution in [-0.4, -0.2) is 0 Å². The highest BCUT2D eigenvalue weighted by Gasteiger charge is 2.23. The molecule has 0 amide bonds. The quantitative estimate of drug-likeness (QED) is 0.135. The lowest BCUT2D eigenvalue weighted by molar-refractivity contribution is 0.662. The molecular formula is C84H50N2O5. The minimum absolute atomic E-state index is 0.765. The van der Waals surface area contributed by atoms with Crippen molar-refractivity contribution >= 4 is 144 Å². The van der Waals surface area contributed by atoms with E-state index in [9.17, 15) is 0 Å². The van der Waals surface area contributed by atoms with Gasteiger partial charge in [0, 0.05) is 112 Å². The predicted octanol–water partition coefficient (Wildman–Crippen LogP) is 24.8. The summed E-state index contributed by atoms with van der Waals surface area (Å²) in [7, 11) is 0. The van der Waals surface area contributed by atoms with Crippen LogP contribution in [0, 0.1) is 0 Å². The predicted molar refractivity (Wildman–Crippen MR) is 374 cm³/mol. The van der Waals surface area contributed by atoms with Crippen molar-refractivity contribution in [2.75, 3.05) is 9.80 Å². The van der Waals surface area contributed by atoms with E-state index in [0.29, 0.717) is 0 Å². The molecule has 0 unspecified atom stereocenters. The lowest BCUT2D eigenvalue weighted by atomic mass is 10.00. The smallest absolute Gasteiger partial charge is 0.137 e. The molecule has 0 aliphatic heterocycles. The number of rotatable bonds is 10. The topological polar surface area (TPSA) is 72.2 Å². The maximum atomic E-state index is 6.88. The van der Waals surface area contributed by atoms with Gasteiger partial charge in [-0.25, -0.2) is 0 Å². The molecule has 5 aromatic heterocycles. The fourth-order valence-corrected chi connectivity index (χ4v) is 13.7. The van der Waals surface area contributed by atoms with Gasteiger partial charge in [-0.05, 0) is 154 Å². The van der Waals surface area contributed by atoms with E-state index in [2.05, 4.69) is 277 Å². The molecule has 0 spiro atoms. The third kappa shape index (κ3) is 8.43. The summed E-state index contributed by atoms with van der Waals surface area (Å²) in [5.74, 6) is 0. The Balaban J connectivity index is 0.676. The first kappa shape index (κ1) is 50.8. The summed E-state index contributed by atoms with van der Waals surface area (Å²) in [6.07, 6.45) is 0. The minimum Gasteiger partial charge on any atom is -0.456 e. The van der Waals surface area contributed by atoms with Crippen molar-refractivity contribution in [2.45, 2.75) is 0 Å². The van der Waals surface area contributed by atoms with Crippen molar-refractivity contribution in [3.8, 4) is 44.5 Å². The molecule has 7 nitrogen and oxygen atoms in total. The molecule has 0 aliphatic rings. The third-order valence-corrected chi connectivity index (χ3v) is 18.3. The summed E-state index contributed by atoms with van der Waals surface area (Å²) >= 11 is 0. The molecule has 19 rings (SSSR count). The van der Waals surface area contributed by atoms with E-state index in [1.54, 1.807) is 0 Å². The average Bonchev–Trinajstić information content (AvgIpc) is 1.66. The molecule has 0 fully saturated rings. The summed E-state index contributed by atoms with van der Waals surface area (Å²) < 4.78 is 33.5. The zero-order chi connectivity index (χ0) is 59.7. The second-order valence-corrected chi connectivity index (χ2v) is 23.6. The number of hydrogen-bond acceptors (Lipinski definition) is 7. The van der Waals surface area contributed by atoms with Gasteiger partial charge in [-0.2, -0.15) is 0 Å². The molecule has 0 atom stereocenters. The highest BCUT2D eigenvalue weighted by molar-refractivity contribution is 6.19. The highest BCUT2D eigenvalue weighted by Crippen LogP contribution is 2.46. The van der Waals surface area contributed by atoms with Gasteiger partial charge in [0.05, 0.1) is 0 Å². The summed E-state index contributed by atoms with van der Waals surface area (Å²) in [4.78, 5) is 4.54. The summed E-state index contributed by atoms with van der Waals surface area (Å²) in [6, 6.07) is 107. The SMILES string of the molecule is c1ccc(-c2ccc(-c3ccc(N(c4ccc5c(c4)oc4ccccc45)c4ccc5c(c4)oc4cc6c(cc45)oc4cc5c(cc46)oc4cc(N(c6ccc(-c7ccc(-c8ccccc8)cc7)cc6)c6ccc7c(c6)oc6ccccc67)ccc45)cc3)cc2)cc1. The fraction of sp³-hybridized carbons (Fsp3) is 0. The Labute approximate surface area is 520 Å². The van der Waals surface area contributed by atoms with Crippen molar-refractivity contribution in [3.05, 3.63) is 303 Å². The average molecular weight is 1170 g/mol. The maximum Gasteiger partial charge on any atom is 0.137 e. The Kier molecular flexibility index (Phi) is 11.2. The monoisotopic (exact) mass is 1170 g/mol. The van der Waals surface area contributed by atoms with Crippen LogP contribution >= 0.6 is 0 Å². The van der Waals surface area contributed by atoms with Crippen LogP contribution in [0.1, 0.15) is 0 Å². The Bertz CT molecular complexity index is 5680. The number of fused-ring (bicyclic) bond motifs is 15. The molecule has 91 heavy (non-hydrogen) atoms. The molecular weight excluding hydrogens is 1120 g/mol. The number of nitrogens with zero attached hydrogens (tertiary/aromatic N) is 2. The number of para-hydroxylation sites is 2. The number of furan rings is 5. The summed E-state index contributed by atoms with van der Waals surface area (Å²) in [6.45, 7) is 0. The molecule has 7 heteroatoms. The van der Waals surface area contributed by atoms with E-state index in [0.717, 1.165) is 166 Å². The molecule has 0 radical (unpaired) electrons. The number of benzene rings is 14. The van der Waals surface area contributed by atoms with Crippen LogP contribution in [0.15, 0.2) is 325 Å². The molecule has 0 saturated heterocycles. The minimum atomic E-state index is 0.765. The third-order valence-electron chi connectivity index (χ3n) is 18.3. The van der Waals surface area contributed by atoms with Crippen molar-refractivity contribution in [1.29, 1.82) is 0 Å². The van der Waals surface area contributed by atoms with E-state index < -0.39 is 0 Å². The van der Waals surface area contributed by atoms with Gasteiger partial charge in [0.1, 0.15) is 55.8 Å². The van der Waals surface area contributed by atoms with Crippen molar-refractivity contribution in [2.24, 2.45) is 0 Å². The number of hydrogen-bond donors (Lipinski definition) is 0. The van der Waals surface area contributed by atoms with Crippen molar-refractivity contribution in [3.63, 3.8) is 0 Å². The Hall–Kier alpha value is -12.3. The molecule has 14 aromatic carbocycles. The second-order valence-electron chi connectivity index (χ2n) is 23.6. The normalized spacial score (nSPS) is 12.0. The second kappa shape index (κ2) is 20.1. The Morgan fingerprint density at radius 3 is 0.670 bits per heavy atom. The fourth-order valence-electron chi connectivity index (χ4n) is 13.7. The molecule has 426 valence electrons. The van der Waals surface area contributed by atoms with Gasteiger partial charge in [0.15, 0.2) is 0 Å². The summed E-state index contributed by atoms with van der Waals surface area (Å²) in [5, 5.41) is 10.2. The maximum absolute atomic E-state index is 6.88. The van der Waals surface area contributed by atoms with Crippen LogP contribution in [0.5, 0.6) is 0 Å². The van der Waals surface area contributed by atoms with Gasteiger partial charge >= 0.3 is 0 Å². The summed E-state index contributed by atoms with van der Waals surface area (Å²) in [5.41, 5.74) is 23.1. The zero-order valence-electron chi connectivity index (χ0n) is 48.8. The molecule has 0 aliphatic carbocycles. The van der Waals surface area contributed by atoms with Crippen LogP contribution in [0.4, 0.5) is 34.1 Å². The van der Waals surface area contributed by atoms with Gasteiger partial charge < -0.3 is 31.9 Å². The van der Waals surface area contributed by atoms with Gasteiger partial charge in [-0.15, -0.1) is 0 Å². The first-order chi connectivity index (χ1) is 45.0. The van der Waals surface area contributed by atoms with Crippen LogP contribution in [0.25, 0.3) is 154 Å². The molecule has 0 N–H and O–H groups in total. The lowest BCUT2D eigenvalue weighted by Gasteiger charge is -2.25. The molecule has 0 bridgehead atoms. The van der Waals surface area contributed by atoms with Crippen LogP contribution in [0.3, 0.4) is 0 Å². The number of anilines is 6. The zero-order valence-corrected chi connectivity index (χ0v) is 48.8. The van der Waals surface area contributed by atoms with Crippen molar-refractivity contribution in [1.82, 2.24) is 0 Å². The lowest BCUT2D eigenvalue weighted by Crippen LogP contribution is -2.09. The van der Waals surface area contributed by atoms with E-state index in [1.165, 1.54) is 22.3 Å². The van der Waals surface area contributed by atoms with Gasteiger partial charge in [-0.1, -0.05) is 170 Å². The van der Waals surface area contributed by atoms with Gasteiger partial charge in [0.2, 0.25) is 0 Å². The Morgan fingerprint density at radius 2 is 0.352 bits per heavy atom. The highest BCUT2D eigenvalue weighted by atomic mass is 16.3. The first-order valence-electron chi connectivity index (χ1n) is 30.7. The van der Waals surface area contributed by atoms with Gasteiger partial charge in [0.25, 0.3) is 0 Å². The first-order valence-corrected chi connectivity index (χ1v) is 30.7. The van der Waals surface area contributed by atoms with Crippen molar-refractivity contribution < 1.29 is 22.1 Å². The Morgan fingerprint density at radius 1 is 0.143 bits per heavy atom. The van der Waals surface area contributed by atoms with Crippen LogP contribution < -0.4 is 9.80 Å². The largest absolute Gasteiger partial charge is 0.456 e. The van der Waals surface area contributed by atoms with Crippen LogP contribution in [0.2, 0.25) is 0 Å². The molecule has 5 heterocycles. The van der Waals surface area contributed by atoms with E-state index in [-0.39, 0.29) is 0 Å². The van der Waals surface area contributed by atoms with Gasteiger partial charge in [-0.3, -0.25) is 0 Å². The van der Waals surface area contributed by atoms with E-state index in [1.807, 2.05) is 36.4 Å². The van der Waals surface area contributed by atoms with E-state index >= 15 is 0 Å². The molecule has 19 aromatic rings. The van der Waals surface area contributed by atoms with Crippen LogP contribution in [-0.2, 0) is 0 Å². The standard InChI is InChI=1S/C84H50N2O5/c1-3-11-51(12-4-1)53-19-23-55(24-20-53)57-27-31-59(32-28-57)85(61-35-39-67-65-15-7-9-17-75(65)87-77(67)43-61)63-37-41-69-71-47-83-73(49-81(71)89-79(69)45-63)74-50-82-72(48-84(74)91-83)70-42-38-64(46-80(70)90-82)86(62-36-40-68-66-16-8-10-18-76(66)88-78(68)44-62)60-33-29-58(30-34-60)56-25-21-54(22-26-56)52-13-5-2-6-14-52/h1-50H. The van der Waals surface area contributed by atoms with E-state index in [4.69, 9.17) is 22.1 Å².